The summed E-state index contributed by atoms with van der Waals surface area (Å²) >= 11 is 3.97. The van der Waals surface area contributed by atoms with Crippen LogP contribution in [0.15, 0.2) is 20.1 Å². The Morgan fingerprint density at radius 3 is 2.63 bits per heavy atom. The van der Waals surface area contributed by atoms with Crippen LogP contribution in [0.3, 0.4) is 0 Å². The minimum absolute atomic E-state index is 0.0522. The Bertz CT molecular complexity index is 581. The number of hydrogen-bond acceptors (Lipinski definition) is 6. The molecule has 10 heteroatoms. The van der Waals surface area contributed by atoms with Gasteiger partial charge >= 0.3 is 11.9 Å². The molecule has 2 N–H and O–H groups in total. The Balaban J connectivity index is 2.94. The number of carbonyl (C=O) groups is 2. The predicted molar refractivity (Wildman–Crippen MR) is 70.4 cm³/mol. The van der Waals surface area contributed by atoms with Gasteiger partial charge in [-0.2, -0.15) is 4.72 Å². The molecule has 0 unspecified atom stereocenters. The van der Waals surface area contributed by atoms with E-state index in [0.29, 0.717) is 4.47 Å². The summed E-state index contributed by atoms with van der Waals surface area (Å²) in [6.45, 7) is 0. The molecule has 1 heterocycles. The number of carboxylic acid groups (broad SMARTS) is 1. The van der Waals surface area contributed by atoms with Crippen LogP contribution in [-0.2, 0) is 24.3 Å². The molecule has 0 aliphatic carbocycles. The first kappa shape index (κ1) is 16.1. The van der Waals surface area contributed by atoms with Crippen molar-refractivity contribution in [1.82, 2.24) is 4.72 Å². The van der Waals surface area contributed by atoms with Crippen molar-refractivity contribution >= 4 is 49.2 Å². The standard InChI is InChI=1S/C9H10BrNO6S2/c1-17-7(12)4-6(8(13)14)11-19(15,16)9-5(10)2-3-18-9/h2-3,6,11H,4H2,1H3,(H,13,14)/t6-/m0/s1. The van der Waals surface area contributed by atoms with Crippen LogP contribution in [0.5, 0.6) is 0 Å². The second kappa shape index (κ2) is 6.46. The van der Waals surface area contributed by atoms with Crippen LogP contribution in [0.2, 0.25) is 0 Å². The van der Waals surface area contributed by atoms with Crippen LogP contribution in [-0.4, -0.2) is 38.6 Å². The first-order chi connectivity index (χ1) is 8.77. The van der Waals surface area contributed by atoms with Gasteiger partial charge in [0.25, 0.3) is 10.0 Å². The lowest BCUT2D eigenvalue weighted by atomic mass is 10.2. The highest BCUT2D eigenvalue weighted by Gasteiger charge is 2.29. The molecule has 1 aromatic heterocycles. The van der Waals surface area contributed by atoms with Gasteiger partial charge in [-0.05, 0) is 27.4 Å². The summed E-state index contributed by atoms with van der Waals surface area (Å²) in [4.78, 5) is 22.0. The number of hydrogen-bond donors (Lipinski definition) is 2. The molecule has 0 radical (unpaired) electrons. The van der Waals surface area contributed by atoms with Crippen molar-refractivity contribution in [3.8, 4) is 0 Å². The van der Waals surface area contributed by atoms with Gasteiger partial charge in [0.15, 0.2) is 0 Å². The molecule has 1 atom stereocenters. The molecule has 0 aliphatic heterocycles. The molecular weight excluding hydrogens is 362 g/mol. The summed E-state index contributed by atoms with van der Waals surface area (Å²) in [6, 6.07) is -0.0542. The zero-order valence-electron chi connectivity index (χ0n) is 9.62. The number of carboxylic acids is 1. The van der Waals surface area contributed by atoms with Gasteiger partial charge in [-0.15, -0.1) is 11.3 Å². The second-order valence-corrected chi connectivity index (χ2v) is 7.03. The predicted octanol–water partition coefficient (Wildman–Crippen LogP) is 0.805. The fourth-order valence-corrected chi connectivity index (χ4v) is 4.69. The third-order valence-corrected chi connectivity index (χ3v) is 6.16. The lowest BCUT2D eigenvalue weighted by Crippen LogP contribution is -2.42. The lowest BCUT2D eigenvalue weighted by Gasteiger charge is -2.13. The third-order valence-electron chi connectivity index (χ3n) is 2.02. The van der Waals surface area contributed by atoms with Gasteiger partial charge in [0, 0.05) is 4.47 Å². The molecule has 106 valence electrons. The van der Waals surface area contributed by atoms with E-state index in [1.54, 1.807) is 0 Å². The van der Waals surface area contributed by atoms with Gasteiger partial charge < -0.3 is 9.84 Å². The quantitative estimate of drug-likeness (QED) is 0.715. The van der Waals surface area contributed by atoms with E-state index in [1.165, 1.54) is 11.4 Å². The van der Waals surface area contributed by atoms with Crippen molar-refractivity contribution in [2.24, 2.45) is 0 Å². The van der Waals surface area contributed by atoms with Crippen molar-refractivity contribution in [3.05, 3.63) is 15.9 Å². The number of esters is 1. The molecule has 19 heavy (non-hydrogen) atoms. The van der Waals surface area contributed by atoms with Gasteiger partial charge in [-0.25, -0.2) is 8.42 Å². The van der Waals surface area contributed by atoms with E-state index in [-0.39, 0.29) is 4.21 Å². The fourth-order valence-electron chi connectivity index (χ4n) is 1.14. The normalized spacial score (nSPS) is 12.9. The Morgan fingerprint density at radius 1 is 1.58 bits per heavy atom. The second-order valence-electron chi connectivity index (χ2n) is 3.35. The Morgan fingerprint density at radius 2 is 2.21 bits per heavy atom. The first-order valence-corrected chi connectivity index (χ1v) is 7.98. The number of aliphatic carboxylic acids is 1. The molecule has 0 spiro atoms. The molecule has 0 saturated heterocycles. The molecule has 0 saturated carbocycles. The topological polar surface area (TPSA) is 110 Å². The van der Waals surface area contributed by atoms with Gasteiger partial charge in [0.1, 0.15) is 10.3 Å². The first-order valence-electron chi connectivity index (χ1n) is 4.83. The van der Waals surface area contributed by atoms with Crippen LogP contribution in [0.4, 0.5) is 0 Å². The number of thiophene rings is 1. The number of ether oxygens (including phenoxy) is 1. The van der Waals surface area contributed by atoms with Crippen LogP contribution in [0, 0.1) is 0 Å². The number of rotatable bonds is 6. The Labute approximate surface area is 121 Å². The summed E-state index contributed by atoms with van der Waals surface area (Å²) < 4.78 is 30.4. The molecule has 7 nitrogen and oxygen atoms in total. The monoisotopic (exact) mass is 371 g/mol. The molecule has 0 amide bonds. The molecule has 0 aromatic carbocycles. The number of nitrogens with one attached hydrogen (secondary N) is 1. The number of halogens is 1. The van der Waals surface area contributed by atoms with Crippen LogP contribution < -0.4 is 4.72 Å². The SMILES string of the molecule is COC(=O)C[C@H](NS(=O)(=O)c1sccc1Br)C(=O)O. The number of sulfonamides is 1. The average molecular weight is 372 g/mol. The molecule has 1 rings (SSSR count). The highest BCUT2D eigenvalue weighted by atomic mass is 79.9. The van der Waals surface area contributed by atoms with E-state index in [0.717, 1.165) is 18.4 Å². The summed E-state index contributed by atoms with van der Waals surface area (Å²) in [6.07, 6.45) is -0.589. The molecule has 0 fully saturated rings. The fraction of sp³-hybridized carbons (Fsp3) is 0.333. The van der Waals surface area contributed by atoms with Crippen molar-refractivity contribution < 1.29 is 27.9 Å². The van der Waals surface area contributed by atoms with Crippen molar-refractivity contribution in [1.29, 1.82) is 0 Å². The summed E-state index contributed by atoms with van der Waals surface area (Å²) in [5, 5.41) is 10.4. The van der Waals surface area contributed by atoms with E-state index >= 15 is 0 Å². The number of methoxy groups -OCH3 is 1. The van der Waals surface area contributed by atoms with E-state index < -0.39 is 34.4 Å². The molecular formula is C9H10BrNO6S2. The largest absolute Gasteiger partial charge is 0.480 e. The zero-order valence-corrected chi connectivity index (χ0v) is 12.8. The van der Waals surface area contributed by atoms with E-state index in [9.17, 15) is 18.0 Å². The highest BCUT2D eigenvalue weighted by Crippen LogP contribution is 2.27. The minimum Gasteiger partial charge on any atom is -0.480 e. The van der Waals surface area contributed by atoms with Crippen LogP contribution in [0.1, 0.15) is 6.42 Å². The maximum absolute atomic E-state index is 12.0. The Kier molecular flexibility index (Phi) is 5.47. The summed E-state index contributed by atoms with van der Waals surface area (Å²) in [5.74, 6) is -2.28. The van der Waals surface area contributed by atoms with E-state index in [2.05, 4.69) is 20.7 Å². The third kappa shape index (κ3) is 4.27. The van der Waals surface area contributed by atoms with Crippen molar-refractivity contribution in [2.75, 3.05) is 7.11 Å². The molecule has 0 bridgehead atoms. The minimum atomic E-state index is -4.01. The van der Waals surface area contributed by atoms with E-state index in [4.69, 9.17) is 5.11 Å². The Hall–Kier alpha value is -0.970. The maximum atomic E-state index is 12.0. The molecule has 0 aliphatic rings. The lowest BCUT2D eigenvalue weighted by molar-refractivity contribution is -0.147. The van der Waals surface area contributed by atoms with Crippen molar-refractivity contribution in [3.63, 3.8) is 0 Å². The molecule has 1 aromatic rings. The maximum Gasteiger partial charge on any atom is 0.322 e. The van der Waals surface area contributed by atoms with Crippen molar-refractivity contribution in [2.45, 2.75) is 16.7 Å². The average Bonchev–Trinajstić information content (AvgIpc) is 2.74. The van der Waals surface area contributed by atoms with Gasteiger partial charge in [-0.3, -0.25) is 9.59 Å². The zero-order chi connectivity index (χ0) is 14.6. The summed E-state index contributed by atoms with van der Waals surface area (Å²) in [5.41, 5.74) is 0. The van der Waals surface area contributed by atoms with Gasteiger partial charge in [0.05, 0.1) is 13.5 Å². The smallest absolute Gasteiger partial charge is 0.322 e. The highest BCUT2D eigenvalue weighted by molar-refractivity contribution is 9.10. The van der Waals surface area contributed by atoms with Crippen LogP contribution >= 0.6 is 27.3 Å². The number of carbonyl (C=O) groups excluding carboxylic acids is 1. The van der Waals surface area contributed by atoms with Crippen LogP contribution in [0.25, 0.3) is 0 Å². The van der Waals surface area contributed by atoms with Gasteiger partial charge in [0.2, 0.25) is 0 Å². The summed E-state index contributed by atoms with van der Waals surface area (Å²) in [7, 11) is -2.92. The van der Waals surface area contributed by atoms with Gasteiger partial charge in [-0.1, -0.05) is 0 Å². The van der Waals surface area contributed by atoms with E-state index in [1.807, 2.05) is 4.72 Å².